The van der Waals surface area contributed by atoms with Gasteiger partial charge in [0, 0.05) is 5.56 Å². The molecule has 2 heteroatoms. The monoisotopic (exact) mass is 181 g/mol. The summed E-state index contributed by atoms with van der Waals surface area (Å²) >= 11 is 0. The van der Waals surface area contributed by atoms with Crippen molar-refractivity contribution in [3.63, 3.8) is 0 Å². The molecule has 1 rings (SSSR count). The molecule has 1 atom stereocenters. The number of aryl methyl sites for hydroxylation is 2. The van der Waals surface area contributed by atoms with Crippen LogP contribution >= 0.6 is 8.46 Å². The molecule has 1 unspecified atom stereocenters. The lowest BCUT2D eigenvalue weighted by Gasteiger charge is -1.98. The minimum absolute atomic E-state index is 0.315. The number of benzene rings is 1. The molecule has 0 aliphatic heterocycles. The average molecular weight is 181 g/mol. The summed E-state index contributed by atoms with van der Waals surface area (Å²) < 4.78 is 10.8. The van der Waals surface area contributed by atoms with Gasteiger partial charge in [-0.25, -0.2) is 0 Å². The van der Waals surface area contributed by atoms with Gasteiger partial charge in [0.1, 0.15) is 0 Å². The Kier molecular flexibility index (Phi) is 3.43. The van der Waals surface area contributed by atoms with Crippen LogP contribution in [0.4, 0.5) is 0 Å². The van der Waals surface area contributed by atoms with Crippen LogP contribution in [0.25, 0.3) is 0 Å². The van der Waals surface area contributed by atoms with Crippen LogP contribution in [0.15, 0.2) is 18.2 Å². The second kappa shape index (κ2) is 4.37. The minimum Gasteiger partial charge on any atom is -0.0707 e. The van der Waals surface area contributed by atoms with Gasteiger partial charge in [0.25, 0.3) is 0 Å². The third-order valence-electron chi connectivity index (χ3n) is 2.07. The first-order valence-electron chi connectivity index (χ1n) is 4.31. The maximum absolute atomic E-state index is 10.8. The number of rotatable bonds is 3. The first kappa shape index (κ1) is 9.41. The van der Waals surface area contributed by atoms with Gasteiger partial charge in [-0.3, -0.25) is 0 Å². The smallest absolute Gasteiger partial charge is 0.0707 e. The maximum Gasteiger partial charge on any atom is 0.363 e. The van der Waals surface area contributed by atoms with Gasteiger partial charge >= 0.3 is 8.46 Å². The highest BCUT2D eigenvalue weighted by Crippen LogP contribution is 2.08. The van der Waals surface area contributed by atoms with E-state index in [4.69, 9.17) is 0 Å². The second-order valence-corrected chi connectivity index (χ2v) is 3.54. The summed E-state index contributed by atoms with van der Waals surface area (Å²) in [6.07, 6.45) is 1.98. The second-order valence-electron chi connectivity index (χ2n) is 2.80. The summed E-state index contributed by atoms with van der Waals surface area (Å²) in [5.74, 6) is 0. The van der Waals surface area contributed by atoms with Crippen LogP contribution < -0.4 is 5.30 Å². The van der Waals surface area contributed by atoms with Crippen molar-refractivity contribution >= 4 is 13.8 Å². The Hall–Kier alpha value is -0.680. The van der Waals surface area contributed by atoms with Crippen molar-refractivity contribution in [1.82, 2.24) is 0 Å². The Balaban J connectivity index is 3.10. The third kappa shape index (κ3) is 1.92. The van der Waals surface area contributed by atoms with Gasteiger partial charge in [0.05, 0.1) is 0 Å². The van der Waals surface area contributed by atoms with Crippen LogP contribution in [0.3, 0.4) is 0 Å². The standard InChI is InChI=1S/C10H13OP/c1-3-8-5-6-9(4-2)10(7-8)12-11/h5-7H,3-4H2,1-2H3/p+1. The quantitative estimate of drug-likeness (QED) is 0.654. The van der Waals surface area contributed by atoms with E-state index in [9.17, 15) is 4.57 Å². The van der Waals surface area contributed by atoms with Gasteiger partial charge in [0.2, 0.25) is 0 Å². The van der Waals surface area contributed by atoms with Crippen LogP contribution in [-0.4, -0.2) is 0 Å². The van der Waals surface area contributed by atoms with E-state index in [2.05, 4.69) is 26.0 Å². The van der Waals surface area contributed by atoms with Crippen molar-refractivity contribution in [1.29, 1.82) is 0 Å². The van der Waals surface area contributed by atoms with Crippen molar-refractivity contribution in [2.24, 2.45) is 0 Å². The van der Waals surface area contributed by atoms with Crippen LogP contribution in [0.2, 0.25) is 0 Å². The van der Waals surface area contributed by atoms with Gasteiger partial charge in [0.15, 0.2) is 5.30 Å². The molecule has 0 heterocycles. The fourth-order valence-electron chi connectivity index (χ4n) is 1.25. The van der Waals surface area contributed by atoms with E-state index in [1.54, 1.807) is 0 Å². The zero-order chi connectivity index (χ0) is 8.97. The Labute approximate surface area is 75.0 Å². The third-order valence-corrected chi connectivity index (χ3v) is 2.76. The molecule has 0 spiro atoms. The van der Waals surface area contributed by atoms with E-state index in [0.717, 1.165) is 18.1 Å². The van der Waals surface area contributed by atoms with Crippen LogP contribution in [0.1, 0.15) is 25.0 Å². The molecule has 12 heavy (non-hydrogen) atoms. The summed E-state index contributed by atoms with van der Waals surface area (Å²) in [6, 6.07) is 6.24. The zero-order valence-electron chi connectivity index (χ0n) is 7.55. The van der Waals surface area contributed by atoms with E-state index < -0.39 is 0 Å². The molecule has 64 valence electrons. The fourth-order valence-corrected chi connectivity index (χ4v) is 1.88. The Bertz CT molecular complexity index is 281. The van der Waals surface area contributed by atoms with Crippen molar-refractivity contribution in [3.05, 3.63) is 29.3 Å². The summed E-state index contributed by atoms with van der Waals surface area (Å²) in [4.78, 5) is 0. The SMILES string of the molecule is CCc1ccc(CC)c([PH+]=O)c1. The van der Waals surface area contributed by atoms with Crippen molar-refractivity contribution in [2.45, 2.75) is 26.7 Å². The summed E-state index contributed by atoms with van der Waals surface area (Å²) in [5.41, 5.74) is 2.48. The van der Waals surface area contributed by atoms with Gasteiger partial charge in [-0.1, -0.05) is 30.5 Å². The molecule has 0 fully saturated rings. The van der Waals surface area contributed by atoms with E-state index in [1.807, 2.05) is 6.07 Å². The lowest BCUT2D eigenvalue weighted by Crippen LogP contribution is -2.02. The Morgan fingerprint density at radius 2 is 2.00 bits per heavy atom. The van der Waals surface area contributed by atoms with Crippen LogP contribution in [0.5, 0.6) is 0 Å². The van der Waals surface area contributed by atoms with E-state index in [-0.39, 0.29) is 8.46 Å². The van der Waals surface area contributed by atoms with Crippen LogP contribution in [-0.2, 0) is 17.4 Å². The van der Waals surface area contributed by atoms with Crippen LogP contribution in [0, 0.1) is 0 Å². The first-order valence-corrected chi connectivity index (χ1v) is 5.22. The van der Waals surface area contributed by atoms with Gasteiger partial charge < -0.3 is 0 Å². The number of hydrogen-bond acceptors (Lipinski definition) is 1. The molecule has 0 aliphatic rings. The van der Waals surface area contributed by atoms with E-state index in [0.29, 0.717) is 0 Å². The molecule has 0 aliphatic carbocycles. The van der Waals surface area contributed by atoms with Gasteiger partial charge in [-0.15, -0.1) is 0 Å². The highest BCUT2D eigenvalue weighted by atomic mass is 31.1. The fraction of sp³-hybridized carbons (Fsp3) is 0.400. The van der Waals surface area contributed by atoms with Crippen molar-refractivity contribution < 1.29 is 4.57 Å². The molecule has 0 bridgehead atoms. The highest BCUT2D eigenvalue weighted by Gasteiger charge is 2.07. The molecule has 0 N–H and O–H groups in total. The molecular formula is C10H14OP+. The molecule has 0 amide bonds. The van der Waals surface area contributed by atoms with Crippen molar-refractivity contribution in [2.75, 3.05) is 0 Å². The lowest BCUT2D eigenvalue weighted by molar-refractivity contribution is 0.603. The topological polar surface area (TPSA) is 17.1 Å². The molecule has 0 aromatic heterocycles. The Morgan fingerprint density at radius 1 is 1.25 bits per heavy atom. The molecule has 1 aromatic rings. The minimum atomic E-state index is -0.315. The predicted molar refractivity (Wildman–Crippen MR) is 53.8 cm³/mol. The van der Waals surface area contributed by atoms with E-state index in [1.165, 1.54) is 11.1 Å². The van der Waals surface area contributed by atoms with Gasteiger partial charge in [-0.2, -0.15) is 0 Å². The first-order chi connectivity index (χ1) is 5.81. The Morgan fingerprint density at radius 3 is 2.50 bits per heavy atom. The number of hydrogen-bond donors (Lipinski definition) is 0. The summed E-state index contributed by atoms with van der Waals surface area (Å²) in [6.45, 7) is 4.20. The van der Waals surface area contributed by atoms with Gasteiger partial charge in [-0.05, 0) is 24.5 Å². The van der Waals surface area contributed by atoms with Crippen molar-refractivity contribution in [3.8, 4) is 0 Å². The molecule has 1 aromatic carbocycles. The van der Waals surface area contributed by atoms with E-state index >= 15 is 0 Å². The molecular weight excluding hydrogens is 167 g/mol. The summed E-state index contributed by atoms with van der Waals surface area (Å²) in [5, 5.41) is 0.997. The zero-order valence-corrected chi connectivity index (χ0v) is 8.55. The summed E-state index contributed by atoms with van der Waals surface area (Å²) in [7, 11) is -0.315. The normalized spacial score (nSPS) is 10.5. The maximum atomic E-state index is 10.8. The highest BCUT2D eigenvalue weighted by molar-refractivity contribution is 7.34. The molecule has 1 nitrogen and oxygen atoms in total. The average Bonchev–Trinajstić information content (AvgIpc) is 2.16. The molecule has 0 radical (unpaired) electrons. The molecule has 0 saturated carbocycles. The lowest BCUT2D eigenvalue weighted by atomic mass is 10.1. The largest absolute Gasteiger partial charge is 0.363 e. The predicted octanol–water partition coefficient (Wildman–Crippen LogP) is 2.46. The molecule has 0 saturated heterocycles.